The number of rotatable bonds is 7. The zero-order valence-corrected chi connectivity index (χ0v) is 13.1. The highest BCUT2D eigenvalue weighted by atomic mass is 35.5. The molecule has 0 spiro atoms. The molecule has 0 fully saturated rings. The largest absolute Gasteiger partial charge is 0.281 e. The van der Waals surface area contributed by atoms with Gasteiger partial charge >= 0.3 is 0 Å². The molecule has 0 saturated carbocycles. The molecule has 0 atom stereocenters. The van der Waals surface area contributed by atoms with Gasteiger partial charge in [-0.05, 0) is 13.3 Å². The molecule has 5 nitrogen and oxygen atoms in total. The van der Waals surface area contributed by atoms with Crippen LogP contribution in [0.25, 0.3) is 0 Å². The Morgan fingerprint density at radius 2 is 2.06 bits per heavy atom. The lowest BCUT2D eigenvalue weighted by molar-refractivity contribution is 0.387. The van der Waals surface area contributed by atoms with Crippen LogP contribution in [-0.4, -0.2) is 48.5 Å². The Kier molecular flexibility index (Phi) is 6.00. The number of thiazole rings is 1. The van der Waals surface area contributed by atoms with Crippen LogP contribution >= 0.6 is 22.9 Å². The molecule has 0 N–H and O–H groups in total. The number of alkyl halides is 1. The molecule has 0 aliphatic carbocycles. The molecule has 0 unspecified atom stereocenters. The van der Waals surface area contributed by atoms with Crippen LogP contribution in [0.5, 0.6) is 0 Å². The first-order valence-corrected chi connectivity index (χ1v) is 8.33. The predicted octanol–water partition coefficient (Wildman–Crippen LogP) is 1.69. The summed E-state index contributed by atoms with van der Waals surface area (Å²) in [6, 6.07) is 0. The van der Waals surface area contributed by atoms with E-state index in [1.807, 2.05) is 12.3 Å². The second kappa shape index (κ2) is 6.81. The monoisotopic (exact) mass is 311 g/mol. The van der Waals surface area contributed by atoms with Gasteiger partial charge in [-0.3, -0.25) is 0 Å². The number of aryl methyl sites for hydroxylation is 1. The van der Waals surface area contributed by atoms with Crippen molar-refractivity contribution in [2.45, 2.75) is 19.9 Å². The van der Waals surface area contributed by atoms with Crippen molar-refractivity contribution in [2.75, 3.05) is 26.5 Å². The quantitative estimate of drug-likeness (QED) is 0.720. The summed E-state index contributed by atoms with van der Waals surface area (Å²) in [4.78, 5) is 4.26. The van der Waals surface area contributed by atoms with E-state index < -0.39 is 10.2 Å². The highest BCUT2D eigenvalue weighted by molar-refractivity contribution is 7.86. The average molecular weight is 312 g/mol. The summed E-state index contributed by atoms with van der Waals surface area (Å²) in [5, 5.41) is 2.81. The lowest BCUT2D eigenvalue weighted by Crippen LogP contribution is -2.39. The van der Waals surface area contributed by atoms with E-state index in [9.17, 15) is 8.42 Å². The van der Waals surface area contributed by atoms with E-state index in [0.29, 0.717) is 18.8 Å². The molecular formula is C10H18ClN3O2S2. The molecular weight excluding hydrogens is 294 g/mol. The van der Waals surface area contributed by atoms with Gasteiger partial charge in [0, 0.05) is 31.9 Å². The first kappa shape index (κ1) is 15.8. The van der Waals surface area contributed by atoms with Crippen molar-refractivity contribution in [3.8, 4) is 0 Å². The Labute approximate surface area is 118 Å². The van der Waals surface area contributed by atoms with E-state index in [1.165, 1.54) is 19.9 Å². The molecule has 1 rings (SSSR count). The maximum absolute atomic E-state index is 12.1. The second-order valence-corrected chi connectivity index (χ2v) is 7.57. The topological polar surface area (TPSA) is 53.5 Å². The lowest BCUT2D eigenvalue weighted by atomic mass is 10.5. The van der Waals surface area contributed by atoms with Crippen molar-refractivity contribution in [1.29, 1.82) is 0 Å². The number of hydrogen-bond donors (Lipinski definition) is 0. The molecule has 18 heavy (non-hydrogen) atoms. The molecule has 0 bridgehead atoms. The van der Waals surface area contributed by atoms with Crippen molar-refractivity contribution in [3.05, 3.63) is 16.1 Å². The van der Waals surface area contributed by atoms with Crippen LogP contribution in [0.2, 0.25) is 0 Å². The van der Waals surface area contributed by atoms with Crippen molar-refractivity contribution >= 4 is 33.1 Å². The third kappa shape index (κ3) is 4.17. The smallest absolute Gasteiger partial charge is 0.245 e. The summed E-state index contributed by atoms with van der Waals surface area (Å²) in [6.07, 6.45) is 0.640. The van der Waals surface area contributed by atoms with Crippen LogP contribution in [0.15, 0.2) is 5.38 Å². The minimum atomic E-state index is -3.43. The summed E-state index contributed by atoms with van der Waals surface area (Å²) >= 11 is 7.08. The van der Waals surface area contributed by atoms with Crippen LogP contribution in [0.3, 0.4) is 0 Å². The Morgan fingerprint density at radius 3 is 2.56 bits per heavy atom. The van der Waals surface area contributed by atoms with Crippen LogP contribution in [0.1, 0.15) is 17.1 Å². The number of hydrogen-bond acceptors (Lipinski definition) is 4. The van der Waals surface area contributed by atoms with Crippen LogP contribution < -0.4 is 0 Å². The molecule has 1 aromatic heterocycles. The highest BCUT2D eigenvalue weighted by Crippen LogP contribution is 2.13. The lowest BCUT2D eigenvalue weighted by Gasteiger charge is -2.23. The predicted molar refractivity (Wildman–Crippen MR) is 75.2 cm³/mol. The van der Waals surface area contributed by atoms with Crippen LogP contribution in [-0.2, 0) is 16.8 Å². The van der Waals surface area contributed by atoms with E-state index in [0.717, 1.165) is 10.7 Å². The maximum Gasteiger partial charge on any atom is 0.281 e. The average Bonchev–Trinajstić information content (AvgIpc) is 2.71. The van der Waals surface area contributed by atoms with Crippen LogP contribution in [0.4, 0.5) is 0 Å². The van der Waals surface area contributed by atoms with E-state index in [1.54, 1.807) is 14.1 Å². The van der Waals surface area contributed by atoms with Gasteiger partial charge in [0.1, 0.15) is 0 Å². The van der Waals surface area contributed by atoms with Crippen molar-refractivity contribution in [1.82, 2.24) is 13.6 Å². The fraction of sp³-hybridized carbons (Fsp3) is 0.700. The fourth-order valence-electron chi connectivity index (χ4n) is 1.43. The Balaban J connectivity index is 2.66. The van der Waals surface area contributed by atoms with Crippen molar-refractivity contribution < 1.29 is 8.42 Å². The zero-order valence-electron chi connectivity index (χ0n) is 10.8. The van der Waals surface area contributed by atoms with Gasteiger partial charge in [-0.15, -0.1) is 22.9 Å². The molecule has 0 aromatic carbocycles. The molecule has 104 valence electrons. The minimum absolute atomic E-state index is 0.290. The van der Waals surface area contributed by atoms with Crippen molar-refractivity contribution in [2.24, 2.45) is 0 Å². The van der Waals surface area contributed by atoms with Gasteiger partial charge in [-0.1, -0.05) is 0 Å². The molecule has 0 aliphatic rings. The molecule has 1 aromatic rings. The summed E-state index contributed by atoms with van der Waals surface area (Å²) in [5.74, 6) is 0.453. The molecule has 0 amide bonds. The van der Waals surface area contributed by atoms with Crippen molar-refractivity contribution in [3.63, 3.8) is 0 Å². The summed E-state index contributed by atoms with van der Waals surface area (Å²) in [6.45, 7) is 2.61. The first-order valence-electron chi connectivity index (χ1n) is 5.52. The Hall–Kier alpha value is -0.210. The number of aromatic nitrogens is 1. The zero-order chi connectivity index (χ0) is 13.8. The van der Waals surface area contributed by atoms with Gasteiger partial charge in [0.2, 0.25) is 0 Å². The molecule has 0 saturated heterocycles. The Morgan fingerprint density at radius 1 is 1.39 bits per heavy atom. The maximum atomic E-state index is 12.1. The normalized spacial score (nSPS) is 12.6. The van der Waals surface area contributed by atoms with Gasteiger partial charge in [0.15, 0.2) is 0 Å². The number of nitrogens with zero attached hydrogens (tertiary/aromatic N) is 3. The highest BCUT2D eigenvalue weighted by Gasteiger charge is 2.23. The first-order chi connectivity index (χ1) is 8.37. The summed E-state index contributed by atoms with van der Waals surface area (Å²) in [5.41, 5.74) is 0.773. The Bertz CT molecular complexity index is 475. The molecule has 8 heteroatoms. The summed E-state index contributed by atoms with van der Waals surface area (Å²) < 4.78 is 26.9. The molecule has 0 aliphatic heterocycles. The van der Waals surface area contributed by atoms with Gasteiger partial charge in [0.25, 0.3) is 10.2 Å². The molecule has 0 radical (unpaired) electrons. The number of halogens is 1. The summed E-state index contributed by atoms with van der Waals surface area (Å²) in [7, 11) is -0.311. The van der Waals surface area contributed by atoms with E-state index in [4.69, 9.17) is 11.6 Å². The van der Waals surface area contributed by atoms with Gasteiger partial charge in [-0.25, -0.2) is 4.98 Å². The third-order valence-electron chi connectivity index (χ3n) is 2.45. The second-order valence-electron chi connectivity index (χ2n) is 3.99. The fourth-order valence-corrected chi connectivity index (χ4v) is 3.28. The standard InChI is InChI=1S/C10H18ClN3O2S2/c1-9-12-10(8-17-9)7-14(3)18(15,16)13(2)6-4-5-11/h8H,4-7H2,1-3H3. The molecule has 1 heterocycles. The van der Waals surface area contributed by atoms with E-state index in [2.05, 4.69) is 4.98 Å². The van der Waals surface area contributed by atoms with E-state index in [-0.39, 0.29) is 6.54 Å². The van der Waals surface area contributed by atoms with E-state index >= 15 is 0 Å². The van der Waals surface area contributed by atoms with Crippen LogP contribution in [0, 0.1) is 6.92 Å². The SMILES string of the molecule is Cc1nc(CN(C)S(=O)(=O)N(C)CCCCl)cs1. The van der Waals surface area contributed by atoms with Gasteiger partial charge in [-0.2, -0.15) is 17.0 Å². The van der Waals surface area contributed by atoms with Gasteiger partial charge in [0.05, 0.1) is 17.2 Å². The third-order valence-corrected chi connectivity index (χ3v) is 5.42. The minimum Gasteiger partial charge on any atom is -0.245 e. The van der Waals surface area contributed by atoms with Gasteiger partial charge < -0.3 is 0 Å².